The molecule has 0 bridgehead atoms. The van der Waals surface area contributed by atoms with Gasteiger partial charge in [-0.05, 0) is 48.5 Å². The average molecular weight is 342 g/mol. The zero-order valence-corrected chi connectivity index (χ0v) is 13.9. The number of amides is 2. The Bertz CT molecular complexity index is 754. The molecule has 0 unspecified atom stereocenters. The molecule has 2 N–H and O–H groups in total. The van der Waals surface area contributed by atoms with E-state index in [2.05, 4.69) is 15.4 Å². The Hall–Kier alpha value is -3.35. The standard InChI is InChI=1S/C18H18N2O5/c1-12(21)19-14-5-7-15(8-6-14)20-17(22)11-25-16-9-3-13(4-10-16)18(23)24-2/h3-10H,11H2,1-2H3,(H,19,21)(H,20,22). The van der Waals surface area contributed by atoms with Crippen molar-refractivity contribution in [2.24, 2.45) is 0 Å². The van der Waals surface area contributed by atoms with Crippen molar-refractivity contribution in [3.63, 3.8) is 0 Å². The van der Waals surface area contributed by atoms with Crippen LogP contribution in [0.25, 0.3) is 0 Å². The minimum atomic E-state index is -0.438. The van der Waals surface area contributed by atoms with Crippen LogP contribution in [-0.2, 0) is 14.3 Å². The van der Waals surface area contributed by atoms with Crippen molar-refractivity contribution in [3.8, 4) is 5.75 Å². The van der Waals surface area contributed by atoms with Crippen molar-refractivity contribution in [1.29, 1.82) is 0 Å². The Morgan fingerprint density at radius 1 is 0.880 bits per heavy atom. The summed E-state index contributed by atoms with van der Waals surface area (Å²) in [5, 5.41) is 5.32. The van der Waals surface area contributed by atoms with Gasteiger partial charge in [-0.2, -0.15) is 0 Å². The molecule has 7 heteroatoms. The molecule has 2 rings (SSSR count). The van der Waals surface area contributed by atoms with Crippen molar-refractivity contribution in [1.82, 2.24) is 0 Å². The number of hydrogen-bond acceptors (Lipinski definition) is 5. The molecule has 0 aliphatic rings. The first-order valence-electron chi connectivity index (χ1n) is 7.46. The SMILES string of the molecule is COC(=O)c1ccc(OCC(=O)Nc2ccc(NC(C)=O)cc2)cc1. The molecule has 130 valence electrons. The van der Waals surface area contributed by atoms with E-state index in [-0.39, 0.29) is 18.4 Å². The number of carbonyl (C=O) groups excluding carboxylic acids is 3. The summed E-state index contributed by atoms with van der Waals surface area (Å²) in [7, 11) is 1.31. The summed E-state index contributed by atoms with van der Waals surface area (Å²) in [6.45, 7) is 1.25. The number of carbonyl (C=O) groups is 3. The van der Waals surface area contributed by atoms with E-state index in [0.717, 1.165) is 0 Å². The highest BCUT2D eigenvalue weighted by molar-refractivity contribution is 5.93. The summed E-state index contributed by atoms with van der Waals surface area (Å²) >= 11 is 0. The van der Waals surface area contributed by atoms with Crippen molar-refractivity contribution in [3.05, 3.63) is 54.1 Å². The van der Waals surface area contributed by atoms with Gasteiger partial charge in [-0.15, -0.1) is 0 Å². The van der Waals surface area contributed by atoms with Crippen LogP contribution in [0.2, 0.25) is 0 Å². The zero-order valence-electron chi connectivity index (χ0n) is 13.9. The maximum Gasteiger partial charge on any atom is 0.337 e. The Labute approximate surface area is 144 Å². The maximum absolute atomic E-state index is 11.9. The summed E-state index contributed by atoms with van der Waals surface area (Å²) in [5.74, 6) is -0.469. The molecule has 0 fully saturated rings. The number of anilines is 2. The molecule has 0 spiro atoms. The smallest absolute Gasteiger partial charge is 0.337 e. The van der Waals surface area contributed by atoms with Gasteiger partial charge in [-0.25, -0.2) is 4.79 Å². The number of ether oxygens (including phenoxy) is 2. The molecule has 25 heavy (non-hydrogen) atoms. The molecule has 0 aliphatic carbocycles. The van der Waals surface area contributed by atoms with Crippen molar-refractivity contribution in [2.75, 3.05) is 24.4 Å². The van der Waals surface area contributed by atoms with Gasteiger partial charge in [0, 0.05) is 18.3 Å². The van der Waals surface area contributed by atoms with Crippen LogP contribution in [0.15, 0.2) is 48.5 Å². The number of methoxy groups -OCH3 is 1. The van der Waals surface area contributed by atoms with Gasteiger partial charge in [-0.1, -0.05) is 0 Å². The quantitative estimate of drug-likeness (QED) is 0.787. The van der Waals surface area contributed by atoms with Crippen molar-refractivity contribution >= 4 is 29.2 Å². The average Bonchev–Trinajstić information content (AvgIpc) is 2.61. The maximum atomic E-state index is 11.9. The van der Waals surface area contributed by atoms with Gasteiger partial charge in [0.1, 0.15) is 5.75 Å². The summed E-state index contributed by atoms with van der Waals surface area (Å²) < 4.78 is 9.97. The zero-order chi connectivity index (χ0) is 18.2. The second kappa shape index (κ2) is 8.49. The third-order valence-electron chi connectivity index (χ3n) is 3.13. The van der Waals surface area contributed by atoms with E-state index in [9.17, 15) is 14.4 Å². The third-order valence-corrected chi connectivity index (χ3v) is 3.13. The van der Waals surface area contributed by atoms with Crippen LogP contribution in [0.3, 0.4) is 0 Å². The van der Waals surface area contributed by atoms with Crippen molar-refractivity contribution in [2.45, 2.75) is 6.92 Å². The van der Waals surface area contributed by atoms with Crippen LogP contribution < -0.4 is 15.4 Å². The fraction of sp³-hybridized carbons (Fsp3) is 0.167. The predicted octanol–water partition coefficient (Wildman–Crippen LogP) is 2.45. The Balaban J connectivity index is 1.84. The van der Waals surface area contributed by atoms with Gasteiger partial charge in [0.2, 0.25) is 5.91 Å². The highest BCUT2D eigenvalue weighted by Crippen LogP contribution is 2.15. The van der Waals surface area contributed by atoms with E-state index in [1.165, 1.54) is 14.0 Å². The molecule has 0 aromatic heterocycles. The Morgan fingerprint density at radius 3 is 1.96 bits per heavy atom. The molecular weight excluding hydrogens is 324 g/mol. The van der Waals surface area contributed by atoms with Gasteiger partial charge < -0.3 is 20.1 Å². The lowest BCUT2D eigenvalue weighted by molar-refractivity contribution is -0.118. The molecule has 2 aromatic carbocycles. The minimum Gasteiger partial charge on any atom is -0.484 e. The molecule has 0 saturated carbocycles. The topological polar surface area (TPSA) is 93.7 Å². The van der Waals surface area contributed by atoms with Crippen LogP contribution in [-0.4, -0.2) is 31.5 Å². The van der Waals surface area contributed by atoms with Crippen LogP contribution in [0, 0.1) is 0 Å². The largest absolute Gasteiger partial charge is 0.484 e. The highest BCUT2D eigenvalue weighted by atomic mass is 16.5. The van der Waals surface area contributed by atoms with Crippen molar-refractivity contribution < 1.29 is 23.9 Å². The van der Waals surface area contributed by atoms with Crippen LogP contribution in [0.1, 0.15) is 17.3 Å². The first kappa shape index (κ1) is 18.0. The minimum absolute atomic E-state index is 0.164. The van der Waals surface area contributed by atoms with E-state index < -0.39 is 5.97 Å². The highest BCUT2D eigenvalue weighted by Gasteiger charge is 2.07. The van der Waals surface area contributed by atoms with E-state index in [0.29, 0.717) is 22.7 Å². The summed E-state index contributed by atoms with van der Waals surface area (Å²) in [6, 6.07) is 13.0. The Morgan fingerprint density at radius 2 is 1.44 bits per heavy atom. The number of hydrogen-bond donors (Lipinski definition) is 2. The number of nitrogens with one attached hydrogen (secondary N) is 2. The summed E-state index contributed by atoms with van der Waals surface area (Å²) in [5.41, 5.74) is 1.63. The summed E-state index contributed by atoms with van der Waals surface area (Å²) in [6.07, 6.45) is 0. The second-order valence-electron chi connectivity index (χ2n) is 5.11. The lowest BCUT2D eigenvalue weighted by atomic mass is 10.2. The summed E-state index contributed by atoms with van der Waals surface area (Å²) in [4.78, 5) is 34.2. The van der Waals surface area contributed by atoms with E-state index in [1.807, 2.05) is 0 Å². The molecule has 0 aliphatic heterocycles. The van der Waals surface area contributed by atoms with Crippen LogP contribution in [0.5, 0.6) is 5.75 Å². The lowest BCUT2D eigenvalue weighted by Crippen LogP contribution is -2.20. The molecule has 0 saturated heterocycles. The van der Waals surface area contributed by atoms with E-state index in [1.54, 1.807) is 48.5 Å². The Kier molecular flexibility index (Phi) is 6.11. The van der Waals surface area contributed by atoms with E-state index in [4.69, 9.17) is 4.74 Å². The molecule has 0 radical (unpaired) electrons. The van der Waals surface area contributed by atoms with Gasteiger partial charge in [0.15, 0.2) is 6.61 Å². The monoisotopic (exact) mass is 342 g/mol. The van der Waals surface area contributed by atoms with Gasteiger partial charge in [0.25, 0.3) is 5.91 Å². The molecular formula is C18H18N2O5. The normalized spacial score (nSPS) is 9.84. The molecule has 0 atom stereocenters. The van der Waals surface area contributed by atoms with Crippen LogP contribution >= 0.6 is 0 Å². The van der Waals surface area contributed by atoms with Gasteiger partial charge in [-0.3, -0.25) is 9.59 Å². The van der Waals surface area contributed by atoms with Crippen LogP contribution in [0.4, 0.5) is 11.4 Å². The third kappa shape index (κ3) is 5.65. The number of esters is 1. The van der Waals surface area contributed by atoms with E-state index >= 15 is 0 Å². The first-order chi connectivity index (χ1) is 12.0. The predicted molar refractivity (Wildman–Crippen MR) is 92.7 cm³/mol. The number of benzene rings is 2. The number of rotatable bonds is 6. The lowest BCUT2D eigenvalue weighted by Gasteiger charge is -2.09. The molecule has 0 heterocycles. The molecule has 2 amide bonds. The first-order valence-corrected chi connectivity index (χ1v) is 7.46. The second-order valence-corrected chi connectivity index (χ2v) is 5.11. The fourth-order valence-electron chi connectivity index (χ4n) is 1.99. The van der Waals surface area contributed by atoms with Gasteiger partial charge in [0.05, 0.1) is 12.7 Å². The van der Waals surface area contributed by atoms with Gasteiger partial charge >= 0.3 is 5.97 Å². The fourth-order valence-corrected chi connectivity index (χ4v) is 1.99. The molecule has 7 nitrogen and oxygen atoms in total. The molecule has 2 aromatic rings.